The highest BCUT2D eigenvalue weighted by molar-refractivity contribution is 5.85. The van der Waals surface area contributed by atoms with Crippen LogP contribution in [0.3, 0.4) is 0 Å². The average molecular weight is 223 g/mol. The number of fused-ring (bicyclic) bond motifs is 1. The topological polar surface area (TPSA) is 45.0 Å². The molecule has 2 aliphatic heterocycles. The summed E-state index contributed by atoms with van der Waals surface area (Å²) in [4.78, 5) is 14.4. The Bertz CT molecular complexity index is 319. The molecule has 0 aliphatic carbocycles. The summed E-state index contributed by atoms with van der Waals surface area (Å²) in [5, 5.41) is 8.37. The van der Waals surface area contributed by atoms with Gasteiger partial charge in [0, 0.05) is 24.4 Å². The van der Waals surface area contributed by atoms with Crippen molar-refractivity contribution in [3.63, 3.8) is 0 Å². The van der Waals surface area contributed by atoms with Gasteiger partial charge >= 0.3 is 0 Å². The Labute approximate surface area is 97.1 Å². The third-order valence-corrected chi connectivity index (χ3v) is 3.64. The minimum atomic E-state index is -0.0405. The molecule has 4 nitrogen and oxygen atoms in total. The lowest BCUT2D eigenvalue weighted by atomic mass is 9.96. The largest absolute Gasteiger partial charge is 0.298 e. The minimum absolute atomic E-state index is 0.0371. The molecule has 0 spiro atoms. The number of rotatable bonds is 2. The zero-order chi connectivity index (χ0) is 11.9. The molecule has 90 valence electrons. The quantitative estimate of drug-likeness (QED) is 0.717. The number of carbonyl (C=O) groups excluding carboxylic acids is 1. The average Bonchev–Trinajstić information content (AvgIpc) is 2.73. The monoisotopic (exact) mass is 223 g/mol. The third-order valence-electron chi connectivity index (χ3n) is 3.64. The van der Waals surface area contributed by atoms with Crippen LogP contribution >= 0.6 is 0 Å². The molecule has 2 rings (SSSR count). The van der Waals surface area contributed by atoms with Gasteiger partial charge in [0.25, 0.3) is 0 Å². The van der Waals surface area contributed by atoms with Gasteiger partial charge in [0.15, 0.2) is 5.78 Å². The number of carbonyl (C=O) groups is 1. The lowest BCUT2D eigenvalue weighted by Crippen LogP contribution is -2.50. The summed E-state index contributed by atoms with van der Waals surface area (Å²) < 4.78 is 0. The SMILES string of the molecule is CCC(=O)C1C2N=NCC2CN1C(C)(C)C. The Hall–Kier alpha value is -0.770. The van der Waals surface area contributed by atoms with Gasteiger partial charge in [0.1, 0.15) is 0 Å². The van der Waals surface area contributed by atoms with Gasteiger partial charge in [-0.3, -0.25) is 9.69 Å². The predicted molar refractivity (Wildman–Crippen MR) is 62.5 cm³/mol. The van der Waals surface area contributed by atoms with Gasteiger partial charge in [-0.05, 0) is 20.8 Å². The van der Waals surface area contributed by atoms with Crippen LogP contribution in [0.15, 0.2) is 10.2 Å². The van der Waals surface area contributed by atoms with Crippen LogP contribution in [0.5, 0.6) is 0 Å². The highest BCUT2D eigenvalue weighted by Gasteiger charge is 2.50. The van der Waals surface area contributed by atoms with E-state index in [9.17, 15) is 4.79 Å². The van der Waals surface area contributed by atoms with Crippen molar-refractivity contribution in [2.45, 2.75) is 51.7 Å². The fourth-order valence-electron chi connectivity index (χ4n) is 2.75. The standard InChI is InChI=1S/C12H21N3O/c1-5-9(16)11-10-8(6-13-14-10)7-15(11)12(2,3)4/h8,10-11H,5-7H2,1-4H3. The molecule has 2 heterocycles. The molecular weight excluding hydrogens is 202 g/mol. The maximum absolute atomic E-state index is 12.1. The lowest BCUT2D eigenvalue weighted by molar-refractivity contribution is -0.125. The van der Waals surface area contributed by atoms with E-state index in [2.05, 4.69) is 35.9 Å². The molecule has 0 aromatic rings. The number of hydrogen-bond acceptors (Lipinski definition) is 4. The lowest BCUT2D eigenvalue weighted by Gasteiger charge is -2.36. The first-order valence-electron chi connectivity index (χ1n) is 6.11. The number of likely N-dealkylation sites (tertiary alicyclic amines) is 1. The normalized spacial score (nSPS) is 34.4. The number of ketones is 1. The molecule has 3 atom stereocenters. The molecular formula is C12H21N3O. The van der Waals surface area contributed by atoms with Crippen LogP contribution in [-0.4, -0.2) is 41.4 Å². The molecule has 0 aromatic carbocycles. The zero-order valence-electron chi connectivity index (χ0n) is 10.6. The van der Waals surface area contributed by atoms with Gasteiger partial charge in [-0.1, -0.05) is 6.92 Å². The summed E-state index contributed by atoms with van der Waals surface area (Å²) in [7, 11) is 0. The van der Waals surface area contributed by atoms with E-state index in [1.165, 1.54) is 0 Å². The Morgan fingerprint density at radius 3 is 2.69 bits per heavy atom. The van der Waals surface area contributed by atoms with Crippen molar-refractivity contribution in [2.75, 3.05) is 13.1 Å². The van der Waals surface area contributed by atoms with E-state index in [4.69, 9.17) is 0 Å². The molecule has 2 aliphatic rings. The summed E-state index contributed by atoms with van der Waals surface area (Å²) >= 11 is 0. The van der Waals surface area contributed by atoms with Gasteiger partial charge < -0.3 is 0 Å². The van der Waals surface area contributed by atoms with E-state index in [1.54, 1.807) is 0 Å². The van der Waals surface area contributed by atoms with Crippen molar-refractivity contribution in [1.29, 1.82) is 0 Å². The van der Waals surface area contributed by atoms with Crippen molar-refractivity contribution < 1.29 is 4.79 Å². The molecule has 0 N–H and O–H groups in total. The number of nitrogens with zero attached hydrogens (tertiary/aromatic N) is 3. The van der Waals surface area contributed by atoms with Gasteiger partial charge in [-0.15, -0.1) is 0 Å². The van der Waals surface area contributed by atoms with Crippen LogP contribution in [0.1, 0.15) is 34.1 Å². The minimum Gasteiger partial charge on any atom is -0.298 e. The Kier molecular flexibility index (Phi) is 2.86. The first-order valence-corrected chi connectivity index (χ1v) is 6.11. The molecule has 0 amide bonds. The van der Waals surface area contributed by atoms with Crippen LogP contribution in [0.25, 0.3) is 0 Å². The second kappa shape index (κ2) is 3.91. The summed E-state index contributed by atoms with van der Waals surface area (Å²) in [6.45, 7) is 10.2. The van der Waals surface area contributed by atoms with Crippen LogP contribution in [0.2, 0.25) is 0 Å². The summed E-state index contributed by atoms with van der Waals surface area (Å²) in [6.07, 6.45) is 0.593. The summed E-state index contributed by atoms with van der Waals surface area (Å²) in [5.41, 5.74) is 0.0371. The number of hydrogen-bond donors (Lipinski definition) is 0. The molecule has 0 bridgehead atoms. The Morgan fingerprint density at radius 1 is 1.44 bits per heavy atom. The van der Waals surface area contributed by atoms with Crippen molar-refractivity contribution in [2.24, 2.45) is 16.1 Å². The highest BCUT2D eigenvalue weighted by atomic mass is 16.1. The van der Waals surface area contributed by atoms with Gasteiger partial charge in [-0.2, -0.15) is 10.2 Å². The maximum atomic E-state index is 12.1. The van der Waals surface area contributed by atoms with Gasteiger partial charge in [0.05, 0.1) is 18.6 Å². The van der Waals surface area contributed by atoms with E-state index in [1.807, 2.05) is 6.92 Å². The Balaban J connectivity index is 2.26. The molecule has 0 aromatic heterocycles. The van der Waals surface area contributed by atoms with Gasteiger partial charge in [-0.25, -0.2) is 0 Å². The fourth-order valence-corrected chi connectivity index (χ4v) is 2.75. The third kappa shape index (κ3) is 1.79. The molecule has 4 heteroatoms. The van der Waals surface area contributed by atoms with Crippen molar-refractivity contribution in [3.05, 3.63) is 0 Å². The van der Waals surface area contributed by atoms with Gasteiger partial charge in [0.2, 0.25) is 0 Å². The number of Topliss-reactive ketones (excluding diaryl/α,β-unsaturated/α-hetero) is 1. The van der Waals surface area contributed by atoms with Crippen LogP contribution in [-0.2, 0) is 4.79 Å². The smallest absolute Gasteiger partial charge is 0.151 e. The van der Waals surface area contributed by atoms with Crippen LogP contribution in [0, 0.1) is 5.92 Å². The zero-order valence-corrected chi connectivity index (χ0v) is 10.6. The predicted octanol–water partition coefficient (Wildman–Crippen LogP) is 1.90. The van der Waals surface area contributed by atoms with Crippen LogP contribution < -0.4 is 0 Å². The molecule has 1 saturated heterocycles. The maximum Gasteiger partial charge on any atom is 0.151 e. The van der Waals surface area contributed by atoms with E-state index in [0.29, 0.717) is 18.1 Å². The van der Waals surface area contributed by atoms with Crippen molar-refractivity contribution in [3.8, 4) is 0 Å². The van der Waals surface area contributed by atoms with E-state index in [-0.39, 0.29) is 17.6 Å². The second-order valence-corrected chi connectivity index (χ2v) is 5.78. The summed E-state index contributed by atoms with van der Waals surface area (Å²) in [5.74, 6) is 0.767. The molecule has 0 saturated carbocycles. The van der Waals surface area contributed by atoms with Crippen LogP contribution in [0.4, 0.5) is 0 Å². The first-order chi connectivity index (χ1) is 7.45. The highest BCUT2D eigenvalue weighted by Crippen LogP contribution is 2.36. The molecule has 1 fully saturated rings. The summed E-state index contributed by atoms with van der Waals surface area (Å²) in [6, 6.07) is 0.0768. The Morgan fingerprint density at radius 2 is 2.12 bits per heavy atom. The van der Waals surface area contributed by atoms with E-state index in [0.717, 1.165) is 13.1 Å². The fraction of sp³-hybridized carbons (Fsp3) is 0.917. The van der Waals surface area contributed by atoms with Crippen molar-refractivity contribution in [1.82, 2.24) is 4.90 Å². The second-order valence-electron chi connectivity index (χ2n) is 5.78. The molecule has 0 radical (unpaired) electrons. The van der Waals surface area contributed by atoms with E-state index < -0.39 is 0 Å². The van der Waals surface area contributed by atoms with E-state index >= 15 is 0 Å². The number of azo groups is 1. The molecule has 3 unspecified atom stereocenters. The first kappa shape index (κ1) is 11.7. The van der Waals surface area contributed by atoms with Crippen molar-refractivity contribution >= 4 is 5.78 Å². The molecule has 16 heavy (non-hydrogen) atoms.